The average Bonchev–Trinajstić information content (AvgIpc) is 3.12. The highest BCUT2D eigenvalue weighted by atomic mass is 32.2. The maximum atomic E-state index is 13.5. The second-order valence-electron chi connectivity index (χ2n) is 5.89. The molecule has 2 aromatic carbocycles. The summed E-state index contributed by atoms with van der Waals surface area (Å²) < 4.78 is 18.9. The lowest BCUT2D eigenvalue weighted by atomic mass is 10.1. The van der Waals surface area contributed by atoms with Gasteiger partial charge in [-0.25, -0.2) is 4.39 Å². The smallest absolute Gasteiger partial charge is 0.276 e. The van der Waals surface area contributed by atoms with Crippen LogP contribution >= 0.6 is 11.8 Å². The summed E-state index contributed by atoms with van der Waals surface area (Å²) in [7, 11) is 0. The summed E-state index contributed by atoms with van der Waals surface area (Å²) >= 11 is 1.06. The Morgan fingerprint density at radius 3 is 2.65 bits per heavy atom. The number of ether oxygens (including phenoxy) is 1. The second kappa shape index (κ2) is 8.71. The fourth-order valence-electron chi connectivity index (χ4n) is 2.70. The Hall–Kier alpha value is -2.54. The van der Waals surface area contributed by atoms with Gasteiger partial charge >= 0.3 is 0 Å². The Morgan fingerprint density at radius 1 is 1.04 bits per heavy atom. The molecule has 2 N–H and O–H groups in total. The van der Waals surface area contributed by atoms with E-state index < -0.39 is 11.8 Å². The van der Waals surface area contributed by atoms with Crippen molar-refractivity contribution in [1.82, 2.24) is 10.9 Å². The molecule has 0 saturated carbocycles. The molecule has 0 spiro atoms. The van der Waals surface area contributed by atoms with Gasteiger partial charge in [-0.05, 0) is 54.7 Å². The maximum absolute atomic E-state index is 13.5. The number of benzene rings is 2. The van der Waals surface area contributed by atoms with Crippen molar-refractivity contribution in [3.8, 4) is 5.75 Å². The molecular formula is C19H19FN2O3S. The van der Waals surface area contributed by atoms with Gasteiger partial charge in [0.05, 0.1) is 5.75 Å². The number of thioether (sulfide) groups is 1. The van der Waals surface area contributed by atoms with Crippen LogP contribution < -0.4 is 15.6 Å². The van der Waals surface area contributed by atoms with Crippen molar-refractivity contribution in [3.63, 3.8) is 0 Å². The van der Waals surface area contributed by atoms with E-state index in [1.54, 1.807) is 18.2 Å². The molecule has 136 valence electrons. The molecule has 5 nitrogen and oxygen atoms in total. The van der Waals surface area contributed by atoms with Crippen LogP contribution in [0.25, 0.3) is 0 Å². The van der Waals surface area contributed by atoms with Crippen molar-refractivity contribution < 1.29 is 18.7 Å². The third-order valence-electron chi connectivity index (χ3n) is 3.98. The van der Waals surface area contributed by atoms with E-state index in [-0.39, 0.29) is 18.2 Å². The molecule has 2 aromatic rings. The predicted octanol–water partition coefficient (Wildman–Crippen LogP) is 2.63. The third kappa shape index (κ3) is 4.98. The number of amides is 2. The number of rotatable bonds is 6. The number of nitrogens with one attached hydrogen (secondary N) is 2. The largest absolute Gasteiger partial charge is 0.484 e. The molecule has 0 aliphatic heterocycles. The lowest BCUT2D eigenvalue weighted by molar-refractivity contribution is -0.128. The molecule has 0 bridgehead atoms. The quantitative estimate of drug-likeness (QED) is 0.603. The van der Waals surface area contributed by atoms with Crippen molar-refractivity contribution in [2.24, 2.45) is 0 Å². The molecule has 3 rings (SSSR count). The highest BCUT2D eigenvalue weighted by molar-refractivity contribution is 8.00. The van der Waals surface area contributed by atoms with Gasteiger partial charge in [-0.1, -0.05) is 18.2 Å². The number of carbonyl (C=O) groups excluding carboxylic acids is 2. The zero-order valence-electron chi connectivity index (χ0n) is 14.1. The Balaban J connectivity index is 1.37. The fourth-order valence-corrected chi connectivity index (χ4v) is 3.44. The second-order valence-corrected chi connectivity index (χ2v) is 6.91. The average molecular weight is 374 g/mol. The summed E-state index contributed by atoms with van der Waals surface area (Å²) in [5, 5.41) is 0. The predicted molar refractivity (Wildman–Crippen MR) is 97.4 cm³/mol. The van der Waals surface area contributed by atoms with Crippen LogP contribution in [0.1, 0.15) is 17.5 Å². The first-order valence-electron chi connectivity index (χ1n) is 8.31. The van der Waals surface area contributed by atoms with Gasteiger partial charge in [0, 0.05) is 4.90 Å². The summed E-state index contributed by atoms with van der Waals surface area (Å²) in [6, 6.07) is 12.0. The summed E-state index contributed by atoms with van der Waals surface area (Å²) in [5.41, 5.74) is 7.17. The molecule has 0 atom stereocenters. The van der Waals surface area contributed by atoms with Crippen LogP contribution in [-0.2, 0) is 22.4 Å². The van der Waals surface area contributed by atoms with Crippen LogP contribution in [0.2, 0.25) is 0 Å². The Labute approximate surface area is 155 Å². The van der Waals surface area contributed by atoms with Crippen LogP contribution in [-0.4, -0.2) is 24.2 Å². The van der Waals surface area contributed by atoms with Crippen LogP contribution in [0, 0.1) is 5.82 Å². The lowest BCUT2D eigenvalue weighted by Gasteiger charge is -2.10. The molecule has 0 fully saturated rings. The number of hydrazine groups is 1. The van der Waals surface area contributed by atoms with E-state index in [1.165, 1.54) is 17.2 Å². The van der Waals surface area contributed by atoms with E-state index in [0.29, 0.717) is 10.6 Å². The van der Waals surface area contributed by atoms with Crippen LogP contribution in [0.5, 0.6) is 5.75 Å². The van der Waals surface area contributed by atoms with Gasteiger partial charge < -0.3 is 4.74 Å². The molecule has 0 unspecified atom stereocenters. The molecule has 7 heteroatoms. The van der Waals surface area contributed by atoms with Crippen molar-refractivity contribution in [2.75, 3.05) is 12.4 Å². The fraction of sp³-hybridized carbons (Fsp3) is 0.263. The van der Waals surface area contributed by atoms with Gasteiger partial charge in [-0.3, -0.25) is 20.4 Å². The Kier molecular flexibility index (Phi) is 6.12. The summed E-state index contributed by atoms with van der Waals surface area (Å²) in [6.07, 6.45) is 3.28. The number of carbonyl (C=O) groups is 2. The molecule has 1 aliphatic rings. The summed E-state index contributed by atoms with van der Waals surface area (Å²) in [4.78, 5) is 23.9. The first kappa shape index (κ1) is 18.3. The van der Waals surface area contributed by atoms with E-state index in [2.05, 4.69) is 10.9 Å². The minimum atomic E-state index is -0.463. The highest BCUT2D eigenvalue weighted by Gasteiger charge is 2.12. The van der Waals surface area contributed by atoms with Gasteiger partial charge in [0.2, 0.25) is 5.91 Å². The van der Waals surface area contributed by atoms with Gasteiger partial charge in [0.25, 0.3) is 5.91 Å². The molecule has 0 saturated heterocycles. The van der Waals surface area contributed by atoms with Gasteiger partial charge in [-0.2, -0.15) is 0 Å². The van der Waals surface area contributed by atoms with Crippen LogP contribution in [0.4, 0.5) is 4.39 Å². The Bertz CT molecular complexity index is 813. The summed E-state index contributed by atoms with van der Waals surface area (Å²) in [5.74, 6) is -0.634. The summed E-state index contributed by atoms with van der Waals surface area (Å²) in [6.45, 7) is -0.195. The number of hydrogen-bond donors (Lipinski definition) is 2. The number of fused-ring (bicyclic) bond motifs is 1. The first-order valence-corrected chi connectivity index (χ1v) is 9.30. The first-order chi connectivity index (χ1) is 12.6. The molecule has 0 aromatic heterocycles. The van der Waals surface area contributed by atoms with E-state index in [4.69, 9.17) is 4.74 Å². The highest BCUT2D eigenvalue weighted by Crippen LogP contribution is 2.26. The molecule has 0 radical (unpaired) electrons. The minimum absolute atomic E-state index is 0.00705. The molecule has 26 heavy (non-hydrogen) atoms. The number of aryl methyl sites for hydroxylation is 2. The maximum Gasteiger partial charge on any atom is 0.276 e. The van der Waals surface area contributed by atoms with Crippen molar-refractivity contribution >= 4 is 23.6 Å². The standard InChI is InChI=1S/C19H19FN2O3S/c20-16-6-1-2-7-17(16)26-12-19(24)22-21-18(23)11-25-15-9-8-13-4-3-5-14(13)10-15/h1-2,6-10H,3-5,11-12H2,(H,21,23)(H,22,24). The van der Waals surface area contributed by atoms with E-state index in [0.717, 1.165) is 31.0 Å². The molecule has 0 heterocycles. The van der Waals surface area contributed by atoms with Gasteiger partial charge in [-0.15, -0.1) is 11.8 Å². The zero-order chi connectivity index (χ0) is 18.4. The van der Waals surface area contributed by atoms with E-state index in [1.807, 2.05) is 18.2 Å². The number of halogens is 1. The zero-order valence-corrected chi connectivity index (χ0v) is 14.9. The van der Waals surface area contributed by atoms with Gasteiger partial charge in [0.15, 0.2) is 6.61 Å². The van der Waals surface area contributed by atoms with E-state index in [9.17, 15) is 14.0 Å². The minimum Gasteiger partial charge on any atom is -0.484 e. The molecular weight excluding hydrogens is 355 g/mol. The third-order valence-corrected chi connectivity index (χ3v) is 5.03. The lowest BCUT2D eigenvalue weighted by Crippen LogP contribution is -2.44. The van der Waals surface area contributed by atoms with E-state index >= 15 is 0 Å². The normalized spacial score (nSPS) is 12.3. The van der Waals surface area contributed by atoms with Crippen LogP contribution in [0.15, 0.2) is 47.4 Å². The Morgan fingerprint density at radius 2 is 1.81 bits per heavy atom. The van der Waals surface area contributed by atoms with Gasteiger partial charge in [0.1, 0.15) is 11.6 Å². The van der Waals surface area contributed by atoms with Crippen LogP contribution in [0.3, 0.4) is 0 Å². The number of hydrogen-bond acceptors (Lipinski definition) is 4. The molecule has 2 amide bonds. The van der Waals surface area contributed by atoms with Crippen molar-refractivity contribution in [2.45, 2.75) is 24.2 Å². The van der Waals surface area contributed by atoms with Crippen molar-refractivity contribution in [3.05, 3.63) is 59.4 Å². The SMILES string of the molecule is O=C(COc1ccc2c(c1)CCC2)NNC(=O)CSc1ccccc1F. The molecule has 1 aliphatic carbocycles. The topological polar surface area (TPSA) is 67.4 Å². The van der Waals surface area contributed by atoms with Crippen molar-refractivity contribution in [1.29, 1.82) is 0 Å². The monoisotopic (exact) mass is 374 g/mol.